The lowest BCUT2D eigenvalue weighted by atomic mass is 9.83. The number of nitriles is 1. The van der Waals surface area contributed by atoms with Crippen LogP contribution in [0, 0.1) is 11.3 Å². The van der Waals surface area contributed by atoms with Crippen molar-refractivity contribution < 1.29 is 19.0 Å². The minimum Gasteiger partial charge on any atom is -0.493 e. The predicted octanol–water partition coefficient (Wildman–Crippen LogP) is 4.05. The van der Waals surface area contributed by atoms with Gasteiger partial charge in [-0.25, -0.2) is 0 Å². The molecule has 0 radical (unpaired) electrons. The Morgan fingerprint density at radius 2 is 2.27 bits per heavy atom. The number of aromatic nitrogens is 2. The van der Waals surface area contributed by atoms with Crippen molar-refractivity contribution in [3.8, 4) is 34.0 Å². The monoisotopic (exact) mass is 486 g/mol. The van der Waals surface area contributed by atoms with E-state index in [1.54, 1.807) is 12.1 Å². The maximum Gasteiger partial charge on any atom is 0.308 e. The van der Waals surface area contributed by atoms with Crippen LogP contribution < -0.4 is 19.9 Å². The molecular weight excluding hydrogens is 472 g/mol. The van der Waals surface area contributed by atoms with Crippen LogP contribution in [0.3, 0.4) is 0 Å². The lowest BCUT2D eigenvalue weighted by molar-refractivity contribution is -0.132. The lowest BCUT2D eigenvalue weighted by Gasteiger charge is -2.25. The fraction of sp³-hybridized carbons (Fsp3) is 0.150. The summed E-state index contributed by atoms with van der Waals surface area (Å²) < 4.78 is 16.8. The predicted molar refractivity (Wildman–Crippen MR) is 113 cm³/mol. The normalized spacial score (nSPS) is 15.2. The first-order chi connectivity index (χ1) is 14.4. The van der Waals surface area contributed by atoms with E-state index in [1.807, 2.05) is 17.5 Å². The summed E-state index contributed by atoms with van der Waals surface area (Å²) in [6.07, 6.45) is 0. The van der Waals surface area contributed by atoms with Crippen LogP contribution in [0.2, 0.25) is 0 Å². The largest absolute Gasteiger partial charge is 0.493 e. The van der Waals surface area contributed by atoms with E-state index in [0.717, 1.165) is 10.6 Å². The Morgan fingerprint density at radius 1 is 1.47 bits per heavy atom. The third-order valence-electron chi connectivity index (χ3n) is 4.54. The van der Waals surface area contributed by atoms with Crippen molar-refractivity contribution in [2.24, 2.45) is 5.73 Å². The van der Waals surface area contributed by atoms with Crippen LogP contribution in [0.15, 0.2) is 45.6 Å². The van der Waals surface area contributed by atoms with Gasteiger partial charge in [0.1, 0.15) is 11.6 Å². The molecule has 4 rings (SSSR count). The number of carbonyl (C=O) groups excluding carboxylic acids is 1. The highest BCUT2D eigenvalue weighted by atomic mass is 79.9. The number of fused-ring (bicyclic) bond motifs is 1. The van der Waals surface area contributed by atoms with Crippen molar-refractivity contribution in [3.63, 3.8) is 0 Å². The summed E-state index contributed by atoms with van der Waals surface area (Å²) in [4.78, 5) is 12.4. The van der Waals surface area contributed by atoms with Crippen LogP contribution in [0.5, 0.6) is 17.4 Å². The molecule has 0 aliphatic carbocycles. The SMILES string of the molecule is COc1cc([C@H]2C(C#N)=C(N)Oc3n[nH]c(-c4cccs4)c32)cc(Br)c1OC(C)=O. The quantitative estimate of drug-likeness (QED) is 0.420. The van der Waals surface area contributed by atoms with E-state index < -0.39 is 11.9 Å². The highest BCUT2D eigenvalue weighted by molar-refractivity contribution is 9.10. The highest BCUT2D eigenvalue weighted by Crippen LogP contribution is 2.49. The average molecular weight is 487 g/mol. The van der Waals surface area contributed by atoms with E-state index in [1.165, 1.54) is 25.4 Å². The van der Waals surface area contributed by atoms with Gasteiger partial charge in [-0.1, -0.05) is 6.07 Å². The number of H-pyrrole nitrogens is 1. The van der Waals surface area contributed by atoms with E-state index in [4.69, 9.17) is 19.9 Å². The first-order valence-corrected chi connectivity index (χ1v) is 10.4. The van der Waals surface area contributed by atoms with Crippen LogP contribution >= 0.6 is 27.3 Å². The second-order valence-electron chi connectivity index (χ2n) is 6.35. The summed E-state index contributed by atoms with van der Waals surface area (Å²) in [5.41, 5.74) is 8.41. The minimum absolute atomic E-state index is 0.0154. The summed E-state index contributed by atoms with van der Waals surface area (Å²) in [6.45, 7) is 1.31. The molecule has 10 heteroatoms. The first kappa shape index (κ1) is 20.0. The van der Waals surface area contributed by atoms with Gasteiger partial charge in [-0.3, -0.25) is 9.89 Å². The molecule has 30 heavy (non-hydrogen) atoms. The van der Waals surface area contributed by atoms with Crippen molar-refractivity contribution in [1.29, 1.82) is 5.26 Å². The number of halogens is 1. The van der Waals surface area contributed by atoms with Crippen molar-refractivity contribution in [1.82, 2.24) is 10.2 Å². The fourth-order valence-electron chi connectivity index (χ4n) is 3.34. The highest BCUT2D eigenvalue weighted by Gasteiger charge is 2.36. The van der Waals surface area contributed by atoms with Gasteiger partial charge < -0.3 is 19.9 Å². The molecule has 1 aliphatic heterocycles. The van der Waals surface area contributed by atoms with E-state index in [9.17, 15) is 10.1 Å². The third kappa shape index (κ3) is 3.32. The Bertz CT molecular complexity index is 1210. The van der Waals surface area contributed by atoms with Crippen LogP contribution in [0.1, 0.15) is 24.0 Å². The fourth-order valence-corrected chi connectivity index (χ4v) is 4.61. The van der Waals surface area contributed by atoms with Gasteiger partial charge >= 0.3 is 5.97 Å². The molecule has 0 unspecified atom stereocenters. The Labute approximate surface area is 184 Å². The number of rotatable bonds is 4. The van der Waals surface area contributed by atoms with Crippen molar-refractivity contribution >= 4 is 33.2 Å². The van der Waals surface area contributed by atoms with Gasteiger partial charge in [0, 0.05) is 6.92 Å². The second kappa shape index (κ2) is 7.85. The first-order valence-electron chi connectivity index (χ1n) is 8.70. The number of allylic oxidation sites excluding steroid dienone is 1. The Kier molecular flexibility index (Phi) is 5.24. The minimum atomic E-state index is -0.564. The molecule has 8 nitrogen and oxygen atoms in total. The summed E-state index contributed by atoms with van der Waals surface area (Å²) in [5, 5.41) is 19.0. The number of methoxy groups -OCH3 is 1. The molecule has 0 bridgehead atoms. The molecule has 2 aromatic heterocycles. The Balaban J connectivity index is 1.94. The number of thiophene rings is 1. The van der Waals surface area contributed by atoms with Gasteiger partial charge in [0.05, 0.1) is 33.6 Å². The number of benzene rings is 1. The van der Waals surface area contributed by atoms with Crippen molar-refractivity contribution in [2.45, 2.75) is 12.8 Å². The molecule has 0 amide bonds. The zero-order valence-electron chi connectivity index (χ0n) is 15.9. The molecule has 3 heterocycles. The van der Waals surface area contributed by atoms with Gasteiger partial charge in [-0.2, -0.15) is 5.26 Å². The van der Waals surface area contributed by atoms with Crippen LogP contribution in [0.25, 0.3) is 10.6 Å². The summed E-state index contributed by atoms with van der Waals surface area (Å²) in [5.74, 6) is -0.169. The summed E-state index contributed by atoms with van der Waals surface area (Å²) in [7, 11) is 1.47. The standard InChI is InChI=1S/C20H15BrN4O4S/c1-9(26)28-18-12(21)6-10(7-13(18)27-2)15-11(8-22)19(23)29-20-16(15)17(24-25-20)14-4-3-5-30-14/h3-7,15H,23H2,1-2H3,(H,24,25)/t15-/m0/s1. The topological polar surface area (TPSA) is 123 Å². The maximum absolute atomic E-state index is 11.5. The van der Waals surface area contributed by atoms with Gasteiger partial charge in [-0.15, -0.1) is 16.4 Å². The zero-order valence-corrected chi connectivity index (χ0v) is 18.3. The summed E-state index contributed by atoms with van der Waals surface area (Å²) >= 11 is 4.97. The number of nitrogens with zero attached hydrogens (tertiary/aromatic N) is 2. The number of nitrogens with one attached hydrogen (secondary N) is 1. The molecule has 0 saturated heterocycles. The Morgan fingerprint density at radius 3 is 2.90 bits per heavy atom. The second-order valence-corrected chi connectivity index (χ2v) is 8.15. The molecular formula is C20H15BrN4O4S. The molecule has 1 aromatic carbocycles. The molecule has 0 spiro atoms. The number of hydrogen-bond donors (Lipinski definition) is 2. The number of nitrogens with two attached hydrogens (primary N) is 1. The van der Waals surface area contributed by atoms with Gasteiger partial charge in [0.25, 0.3) is 0 Å². The third-order valence-corrected chi connectivity index (χ3v) is 6.01. The van der Waals surface area contributed by atoms with E-state index >= 15 is 0 Å². The molecule has 3 N–H and O–H groups in total. The Hall–Kier alpha value is -3.29. The lowest BCUT2D eigenvalue weighted by Crippen LogP contribution is -2.21. The van der Waals surface area contributed by atoms with Crippen molar-refractivity contribution in [2.75, 3.05) is 7.11 Å². The molecule has 0 saturated carbocycles. The molecule has 1 atom stereocenters. The molecule has 152 valence electrons. The number of hydrogen-bond acceptors (Lipinski definition) is 8. The summed E-state index contributed by atoms with van der Waals surface area (Å²) in [6, 6.07) is 9.50. The van der Waals surface area contributed by atoms with Crippen LogP contribution in [0.4, 0.5) is 0 Å². The number of aromatic amines is 1. The van der Waals surface area contributed by atoms with Crippen LogP contribution in [-0.2, 0) is 4.79 Å². The number of esters is 1. The van der Waals surface area contributed by atoms with Crippen LogP contribution in [-0.4, -0.2) is 23.3 Å². The van der Waals surface area contributed by atoms with E-state index in [-0.39, 0.29) is 17.2 Å². The zero-order chi connectivity index (χ0) is 21.4. The molecule has 0 fully saturated rings. The molecule has 1 aliphatic rings. The van der Waals surface area contributed by atoms with Gasteiger partial charge in [0.2, 0.25) is 11.8 Å². The molecule has 3 aromatic rings. The van der Waals surface area contributed by atoms with E-state index in [0.29, 0.717) is 27.2 Å². The maximum atomic E-state index is 11.5. The average Bonchev–Trinajstić information content (AvgIpc) is 3.37. The van der Waals surface area contributed by atoms with E-state index in [2.05, 4.69) is 32.2 Å². The number of carbonyl (C=O) groups is 1. The van der Waals surface area contributed by atoms with Gasteiger partial charge in [-0.05, 0) is 45.1 Å². The van der Waals surface area contributed by atoms with Gasteiger partial charge in [0.15, 0.2) is 11.5 Å². The number of ether oxygens (including phenoxy) is 3. The van der Waals surface area contributed by atoms with Crippen molar-refractivity contribution in [3.05, 3.63) is 56.7 Å². The smallest absolute Gasteiger partial charge is 0.308 e.